The molecule has 0 N–H and O–H groups in total. The van der Waals surface area contributed by atoms with Gasteiger partial charge in [-0.3, -0.25) is 4.79 Å². The summed E-state index contributed by atoms with van der Waals surface area (Å²) in [5.74, 6) is 0.866. The molecule has 0 atom stereocenters. The van der Waals surface area contributed by atoms with E-state index < -0.39 is 0 Å². The van der Waals surface area contributed by atoms with Crippen molar-refractivity contribution in [1.82, 2.24) is 0 Å². The normalized spacial score (nSPS) is 10.0. The van der Waals surface area contributed by atoms with Gasteiger partial charge in [-0.25, -0.2) is 0 Å². The van der Waals surface area contributed by atoms with Crippen LogP contribution in [0.4, 0.5) is 0 Å². The van der Waals surface area contributed by atoms with E-state index in [1.165, 1.54) is 7.11 Å². The van der Waals surface area contributed by atoms with Gasteiger partial charge in [-0.15, -0.1) is 0 Å². The molecule has 0 aliphatic rings. The molecule has 0 spiro atoms. The third-order valence-corrected chi connectivity index (χ3v) is 1.94. The fourth-order valence-electron chi connectivity index (χ4n) is 1.22. The van der Waals surface area contributed by atoms with Crippen LogP contribution in [0.2, 0.25) is 0 Å². The monoisotopic (exact) mass is 208 g/mol. The van der Waals surface area contributed by atoms with Crippen LogP contribution in [0, 0.1) is 6.92 Å². The minimum atomic E-state index is 0.0603. The van der Waals surface area contributed by atoms with Crippen molar-refractivity contribution in [3.05, 3.63) is 29.8 Å². The van der Waals surface area contributed by atoms with Crippen LogP contribution in [-0.2, 0) is 9.53 Å². The summed E-state index contributed by atoms with van der Waals surface area (Å²) in [6.45, 7) is 2.58. The predicted octanol–water partition coefficient (Wildman–Crippen LogP) is 1.98. The Bertz CT molecular complexity index is 320. The molecule has 3 heteroatoms. The quantitative estimate of drug-likeness (QED) is 0.717. The van der Waals surface area contributed by atoms with Crippen LogP contribution in [0.1, 0.15) is 12.0 Å². The molecule has 0 aliphatic heterocycles. The van der Waals surface area contributed by atoms with Crippen LogP contribution in [0.25, 0.3) is 0 Å². The van der Waals surface area contributed by atoms with Crippen molar-refractivity contribution in [3.63, 3.8) is 0 Å². The lowest BCUT2D eigenvalue weighted by Gasteiger charge is -2.05. The molecule has 3 nitrogen and oxygen atoms in total. The van der Waals surface area contributed by atoms with Crippen LogP contribution in [0.5, 0.6) is 5.75 Å². The van der Waals surface area contributed by atoms with E-state index in [1.807, 2.05) is 31.2 Å². The number of Topliss-reactive ketones (excluding diaryl/α,β-unsaturated/α-hetero) is 1. The van der Waals surface area contributed by atoms with Crippen molar-refractivity contribution in [2.45, 2.75) is 13.3 Å². The number of ether oxygens (including phenoxy) is 2. The molecule has 1 aromatic rings. The van der Waals surface area contributed by atoms with Gasteiger partial charge in [-0.2, -0.15) is 0 Å². The highest BCUT2D eigenvalue weighted by molar-refractivity contribution is 5.79. The van der Waals surface area contributed by atoms with Crippen molar-refractivity contribution in [2.75, 3.05) is 20.3 Å². The van der Waals surface area contributed by atoms with E-state index in [2.05, 4.69) is 0 Å². The summed E-state index contributed by atoms with van der Waals surface area (Å²) >= 11 is 0. The number of ketones is 1. The summed E-state index contributed by atoms with van der Waals surface area (Å²) in [5.41, 5.74) is 1.15. The second-order valence-corrected chi connectivity index (χ2v) is 3.39. The largest absolute Gasteiger partial charge is 0.493 e. The highest BCUT2D eigenvalue weighted by atomic mass is 16.5. The fourth-order valence-corrected chi connectivity index (χ4v) is 1.22. The third-order valence-electron chi connectivity index (χ3n) is 1.94. The zero-order valence-electron chi connectivity index (χ0n) is 9.16. The van der Waals surface area contributed by atoms with Gasteiger partial charge < -0.3 is 9.47 Å². The highest BCUT2D eigenvalue weighted by Gasteiger charge is 2.01. The Balaban J connectivity index is 2.28. The number of carbonyl (C=O) groups excluding carboxylic acids is 1. The number of benzene rings is 1. The van der Waals surface area contributed by atoms with Crippen molar-refractivity contribution in [1.29, 1.82) is 0 Å². The lowest BCUT2D eigenvalue weighted by molar-refractivity contribution is -0.123. The Morgan fingerprint density at radius 1 is 1.40 bits per heavy atom. The van der Waals surface area contributed by atoms with Gasteiger partial charge >= 0.3 is 0 Å². The minimum Gasteiger partial charge on any atom is -0.493 e. The smallest absolute Gasteiger partial charge is 0.161 e. The maximum atomic E-state index is 11.1. The molecule has 0 amide bonds. The molecule has 0 saturated carbocycles. The first kappa shape index (κ1) is 11.7. The van der Waals surface area contributed by atoms with Gasteiger partial charge in [0.2, 0.25) is 0 Å². The second-order valence-electron chi connectivity index (χ2n) is 3.39. The third kappa shape index (κ3) is 4.61. The molecule has 0 aromatic heterocycles. The van der Waals surface area contributed by atoms with Crippen LogP contribution >= 0.6 is 0 Å². The first-order valence-electron chi connectivity index (χ1n) is 4.92. The van der Waals surface area contributed by atoms with E-state index in [-0.39, 0.29) is 12.4 Å². The summed E-state index contributed by atoms with van der Waals surface area (Å²) in [7, 11) is 1.51. The molecule has 0 bridgehead atoms. The molecule has 0 fully saturated rings. The van der Waals surface area contributed by atoms with Crippen molar-refractivity contribution in [2.24, 2.45) is 0 Å². The Labute approximate surface area is 90.0 Å². The van der Waals surface area contributed by atoms with Gasteiger partial charge in [-0.1, -0.05) is 12.1 Å². The summed E-state index contributed by atoms with van der Waals surface area (Å²) in [5, 5.41) is 0. The van der Waals surface area contributed by atoms with Crippen molar-refractivity contribution in [3.8, 4) is 5.75 Å². The standard InChI is InChI=1S/C12H16O3/c1-10-4-3-5-12(8-10)15-7-6-11(13)9-14-2/h3-5,8H,6-7,9H2,1-2H3. The number of rotatable bonds is 6. The van der Waals surface area contributed by atoms with Crippen LogP contribution in [-0.4, -0.2) is 26.1 Å². The number of hydrogen-bond donors (Lipinski definition) is 0. The summed E-state index contributed by atoms with van der Waals surface area (Å²) in [4.78, 5) is 11.1. The van der Waals surface area contributed by atoms with Gasteiger partial charge in [0.1, 0.15) is 12.4 Å². The lowest BCUT2D eigenvalue weighted by Crippen LogP contribution is -2.11. The number of carbonyl (C=O) groups is 1. The zero-order valence-corrected chi connectivity index (χ0v) is 9.16. The SMILES string of the molecule is COCC(=O)CCOc1cccc(C)c1. The van der Waals surface area contributed by atoms with E-state index in [0.29, 0.717) is 13.0 Å². The Morgan fingerprint density at radius 3 is 2.87 bits per heavy atom. The molecule has 82 valence electrons. The van der Waals surface area contributed by atoms with Gasteiger partial charge in [0, 0.05) is 13.5 Å². The van der Waals surface area contributed by atoms with E-state index in [9.17, 15) is 4.79 Å². The number of aryl methyl sites for hydroxylation is 1. The fraction of sp³-hybridized carbons (Fsp3) is 0.417. The molecular formula is C12H16O3. The van der Waals surface area contributed by atoms with Gasteiger partial charge in [0.05, 0.1) is 6.61 Å². The Hall–Kier alpha value is -1.35. The molecule has 0 saturated heterocycles. The van der Waals surface area contributed by atoms with Crippen LogP contribution in [0.3, 0.4) is 0 Å². The first-order valence-corrected chi connectivity index (χ1v) is 4.92. The molecule has 0 aliphatic carbocycles. The highest BCUT2D eigenvalue weighted by Crippen LogP contribution is 2.12. The van der Waals surface area contributed by atoms with Crippen LogP contribution < -0.4 is 4.74 Å². The van der Waals surface area contributed by atoms with E-state index in [1.54, 1.807) is 0 Å². The molecule has 1 rings (SSSR count). The van der Waals surface area contributed by atoms with Crippen molar-refractivity contribution >= 4 is 5.78 Å². The van der Waals surface area contributed by atoms with E-state index in [4.69, 9.17) is 9.47 Å². The van der Waals surface area contributed by atoms with E-state index >= 15 is 0 Å². The average Bonchev–Trinajstić information content (AvgIpc) is 2.18. The summed E-state index contributed by atoms with van der Waals surface area (Å²) in [6, 6.07) is 7.76. The summed E-state index contributed by atoms with van der Waals surface area (Å²) in [6.07, 6.45) is 0.391. The first-order chi connectivity index (χ1) is 7.22. The maximum Gasteiger partial charge on any atom is 0.161 e. The number of methoxy groups -OCH3 is 1. The number of hydrogen-bond acceptors (Lipinski definition) is 3. The molecular weight excluding hydrogens is 192 g/mol. The molecule has 0 unspecified atom stereocenters. The zero-order chi connectivity index (χ0) is 11.1. The van der Waals surface area contributed by atoms with Crippen molar-refractivity contribution < 1.29 is 14.3 Å². The van der Waals surface area contributed by atoms with Gasteiger partial charge in [0.25, 0.3) is 0 Å². The molecule has 1 aromatic carbocycles. The summed E-state index contributed by atoms with van der Waals surface area (Å²) < 4.78 is 10.1. The lowest BCUT2D eigenvalue weighted by atomic mass is 10.2. The topological polar surface area (TPSA) is 35.5 Å². The Morgan fingerprint density at radius 2 is 2.20 bits per heavy atom. The second kappa shape index (κ2) is 6.19. The maximum absolute atomic E-state index is 11.1. The molecule has 0 radical (unpaired) electrons. The minimum absolute atomic E-state index is 0.0603. The molecule has 15 heavy (non-hydrogen) atoms. The van der Waals surface area contributed by atoms with Crippen LogP contribution in [0.15, 0.2) is 24.3 Å². The Kier molecular flexibility index (Phi) is 4.84. The average molecular weight is 208 g/mol. The predicted molar refractivity (Wildman–Crippen MR) is 58.2 cm³/mol. The van der Waals surface area contributed by atoms with Gasteiger partial charge in [0.15, 0.2) is 5.78 Å². The van der Waals surface area contributed by atoms with E-state index in [0.717, 1.165) is 11.3 Å². The van der Waals surface area contributed by atoms with Gasteiger partial charge in [-0.05, 0) is 24.6 Å². The molecule has 0 heterocycles.